The van der Waals surface area contributed by atoms with Gasteiger partial charge in [0.05, 0.1) is 6.10 Å². The van der Waals surface area contributed by atoms with E-state index >= 15 is 0 Å². The van der Waals surface area contributed by atoms with Crippen LogP contribution in [-0.4, -0.2) is 37.2 Å². The van der Waals surface area contributed by atoms with Crippen molar-refractivity contribution in [3.05, 3.63) is 34.4 Å². The van der Waals surface area contributed by atoms with Crippen LogP contribution in [0.15, 0.2) is 34.4 Å². The molecule has 4 rings (SSSR count). The maximum atomic E-state index is 6.38. The number of nitrogens with zero attached hydrogens (tertiary/aromatic N) is 1. The molecule has 4 aliphatic rings. The first-order valence-electron chi connectivity index (χ1n) is 9.32. The number of fused-ring (bicyclic) bond motifs is 2. The summed E-state index contributed by atoms with van der Waals surface area (Å²) in [5.41, 5.74) is 6.91. The van der Waals surface area contributed by atoms with E-state index in [4.69, 9.17) is 4.74 Å². The summed E-state index contributed by atoms with van der Waals surface area (Å²) in [5, 5.41) is 0. The lowest BCUT2D eigenvalue weighted by Crippen LogP contribution is -2.34. The zero-order valence-corrected chi connectivity index (χ0v) is 15.4. The van der Waals surface area contributed by atoms with Gasteiger partial charge in [0.25, 0.3) is 0 Å². The van der Waals surface area contributed by atoms with Gasteiger partial charge in [-0.1, -0.05) is 44.1 Å². The summed E-state index contributed by atoms with van der Waals surface area (Å²) < 4.78 is 6.38. The minimum Gasteiger partial charge on any atom is -0.361 e. The third-order valence-corrected chi connectivity index (χ3v) is 6.61. The van der Waals surface area contributed by atoms with Crippen molar-refractivity contribution in [1.82, 2.24) is 4.90 Å². The van der Waals surface area contributed by atoms with Gasteiger partial charge in [0, 0.05) is 6.54 Å². The van der Waals surface area contributed by atoms with Gasteiger partial charge >= 0.3 is 0 Å². The summed E-state index contributed by atoms with van der Waals surface area (Å²) in [6.45, 7) is 8.28. The molecule has 2 nitrogen and oxygen atoms in total. The van der Waals surface area contributed by atoms with E-state index < -0.39 is 0 Å². The summed E-state index contributed by atoms with van der Waals surface area (Å²) in [5.74, 6) is 0.661. The Morgan fingerprint density at radius 2 is 2.00 bits per heavy atom. The molecule has 126 valence electrons. The number of hydrogen-bond acceptors (Lipinski definition) is 2. The van der Waals surface area contributed by atoms with Crippen LogP contribution < -0.4 is 0 Å². The Balaban J connectivity index is 1.78. The van der Waals surface area contributed by atoms with Gasteiger partial charge in [-0.25, -0.2) is 0 Å². The molecule has 23 heavy (non-hydrogen) atoms. The zero-order chi connectivity index (χ0) is 16.4. The quantitative estimate of drug-likeness (QED) is 0.714. The predicted molar refractivity (Wildman–Crippen MR) is 95.4 cm³/mol. The third-order valence-electron chi connectivity index (χ3n) is 6.61. The van der Waals surface area contributed by atoms with Crippen LogP contribution in [0.1, 0.15) is 52.9 Å². The van der Waals surface area contributed by atoms with E-state index in [1.807, 2.05) is 0 Å². The van der Waals surface area contributed by atoms with E-state index in [9.17, 15) is 0 Å². The lowest BCUT2D eigenvalue weighted by Gasteiger charge is -2.39. The van der Waals surface area contributed by atoms with Crippen LogP contribution >= 0.6 is 0 Å². The number of allylic oxidation sites excluding steroid dienone is 3. The molecule has 3 aliphatic carbocycles. The maximum Gasteiger partial charge on any atom is 0.120 e. The Bertz CT molecular complexity index is 624. The van der Waals surface area contributed by atoms with Crippen LogP contribution in [0.25, 0.3) is 0 Å². The summed E-state index contributed by atoms with van der Waals surface area (Å²) in [4.78, 5) is 2.27. The maximum absolute atomic E-state index is 6.38. The Kier molecular flexibility index (Phi) is 3.45. The summed E-state index contributed by atoms with van der Waals surface area (Å²) >= 11 is 0. The average molecular weight is 313 g/mol. The fourth-order valence-corrected chi connectivity index (χ4v) is 5.32. The Hall–Kier alpha value is -0.860. The molecule has 2 heteroatoms. The molecule has 1 heterocycles. The molecule has 0 N–H and O–H groups in total. The largest absolute Gasteiger partial charge is 0.361 e. The summed E-state index contributed by atoms with van der Waals surface area (Å²) in [7, 11) is 4.31. The van der Waals surface area contributed by atoms with E-state index in [-0.39, 0.29) is 5.60 Å². The van der Waals surface area contributed by atoms with E-state index in [2.05, 4.69) is 51.9 Å². The fraction of sp³-hybridized carbons (Fsp3) is 0.714. The molecule has 1 aliphatic heterocycles. The molecule has 1 spiro atoms. The Labute approximate surface area is 141 Å². The zero-order valence-electron chi connectivity index (χ0n) is 15.4. The normalized spacial score (nSPS) is 38.8. The van der Waals surface area contributed by atoms with E-state index in [1.165, 1.54) is 31.3 Å². The van der Waals surface area contributed by atoms with Gasteiger partial charge in [-0.15, -0.1) is 0 Å². The van der Waals surface area contributed by atoms with Crippen molar-refractivity contribution in [3.8, 4) is 0 Å². The van der Waals surface area contributed by atoms with E-state index in [1.54, 1.807) is 16.7 Å². The first-order valence-corrected chi connectivity index (χ1v) is 9.32. The second-order valence-corrected chi connectivity index (χ2v) is 8.96. The number of rotatable bonds is 3. The molecule has 3 atom stereocenters. The second kappa shape index (κ2) is 5.07. The van der Waals surface area contributed by atoms with Gasteiger partial charge < -0.3 is 9.64 Å². The van der Waals surface area contributed by atoms with Crippen LogP contribution in [0.5, 0.6) is 0 Å². The van der Waals surface area contributed by atoms with Crippen molar-refractivity contribution in [1.29, 1.82) is 0 Å². The van der Waals surface area contributed by atoms with Gasteiger partial charge in [-0.2, -0.15) is 0 Å². The molecule has 0 aromatic heterocycles. The number of hydrogen-bond donors (Lipinski definition) is 0. The van der Waals surface area contributed by atoms with Crippen molar-refractivity contribution < 1.29 is 4.74 Å². The highest BCUT2D eigenvalue weighted by Gasteiger charge is 2.64. The topological polar surface area (TPSA) is 15.8 Å². The van der Waals surface area contributed by atoms with Gasteiger partial charge in [-0.3, -0.25) is 0 Å². The van der Waals surface area contributed by atoms with Crippen molar-refractivity contribution in [2.75, 3.05) is 20.6 Å². The van der Waals surface area contributed by atoms with Gasteiger partial charge in [0.1, 0.15) is 5.60 Å². The van der Waals surface area contributed by atoms with Crippen molar-refractivity contribution in [2.45, 2.75) is 64.6 Å². The third kappa shape index (κ3) is 2.29. The molecule has 2 fully saturated rings. The summed E-state index contributed by atoms with van der Waals surface area (Å²) in [6.07, 6.45) is 11.5. The highest BCUT2D eigenvalue weighted by molar-refractivity contribution is 5.56. The molecular formula is C21H31NO. The van der Waals surface area contributed by atoms with Crippen LogP contribution in [0.3, 0.4) is 0 Å². The molecule has 1 saturated carbocycles. The predicted octanol–water partition coefficient (Wildman–Crippen LogP) is 4.49. The minimum absolute atomic E-state index is 0.0594. The van der Waals surface area contributed by atoms with Crippen molar-refractivity contribution in [2.24, 2.45) is 11.3 Å². The van der Waals surface area contributed by atoms with Crippen LogP contribution in [0.4, 0.5) is 0 Å². The number of epoxide rings is 1. The van der Waals surface area contributed by atoms with Gasteiger partial charge in [-0.05, 0) is 68.7 Å². The molecule has 0 radical (unpaired) electrons. The van der Waals surface area contributed by atoms with Crippen molar-refractivity contribution >= 4 is 0 Å². The first-order chi connectivity index (χ1) is 10.9. The first kappa shape index (κ1) is 15.7. The highest BCUT2D eigenvalue weighted by atomic mass is 16.6. The van der Waals surface area contributed by atoms with Crippen molar-refractivity contribution in [3.63, 3.8) is 0 Å². The SMILES string of the molecule is CC(C)C1=C2C3=CC=C(CN(C)C)C[C@@H]4O[C@@]34CC[C@@]2(C)CC1. The van der Waals surface area contributed by atoms with Gasteiger partial charge in [0.2, 0.25) is 0 Å². The average Bonchev–Trinajstić information content (AvgIpc) is 3.04. The Morgan fingerprint density at radius 1 is 1.22 bits per heavy atom. The second-order valence-electron chi connectivity index (χ2n) is 8.96. The molecule has 0 aromatic carbocycles. The van der Waals surface area contributed by atoms with Gasteiger partial charge in [0.15, 0.2) is 0 Å². The smallest absolute Gasteiger partial charge is 0.120 e. The minimum atomic E-state index is 0.0594. The molecule has 0 unspecified atom stereocenters. The van der Waals surface area contributed by atoms with Crippen LogP contribution in [-0.2, 0) is 4.74 Å². The lowest BCUT2D eigenvalue weighted by molar-refractivity contribution is 0.235. The lowest BCUT2D eigenvalue weighted by atomic mass is 9.64. The number of likely N-dealkylation sites (N-methyl/N-ethyl adjacent to an activating group) is 1. The van der Waals surface area contributed by atoms with E-state index in [0.29, 0.717) is 17.4 Å². The fourth-order valence-electron chi connectivity index (χ4n) is 5.32. The molecule has 1 saturated heterocycles. The monoisotopic (exact) mass is 313 g/mol. The Morgan fingerprint density at radius 3 is 2.70 bits per heavy atom. The highest BCUT2D eigenvalue weighted by Crippen LogP contribution is 2.65. The molecule has 0 amide bonds. The van der Waals surface area contributed by atoms with E-state index in [0.717, 1.165) is 13.0 Å². The molecule has 0 aromatic rings. The number of ether oxygens (including phenoxy) is 1. The molecular weight excluding hydrogens is 282 g/mol. The standard InChI is InChI=1S/C21H31NO/c1-14(2)16-8-9-20(3)10-11-21-17(19(16)20)7-6-15(13-22(4)5)12-18(21)23-21/h6-7,14,18H,8-13H2,1-5H3/t18-,20+,21-/m0/s1. The van der Waals surface area contributed by atoms with Crippen LogP contribution in [0, 0.1) is 11.3 Å². The van der Waals surface area contributed by atoms with Crippen LogP contribution in [0.2, 0.25) is 0 Å². The summed E-state index contributed by atoms with van der Waals surface area (Å²) in [6, 6.07) is 0. The molecule has 0 bridgehead atoms.